The van der Waals surface area contributed by atoms with Crippen LogP contribution in [0, 0.1) is 11.3 Å². The Morgan fingerprint density at radius 1 is 1.35 bits per heavy atom. The van der Waals surface area contributed by atoms with E-state index in [1.54, 1.807) is 27.8 Å². The van der Waals surface area contributed by atoms with Crippen molar-refractivity contribution >= 4 is 17.5 Å². The number of hydrogen-bond donors (Lipinski definition) is 1. The average Bonchev–Trinajstić information content (AvgIpc) is 3.10. The summed E-state index contributed by atoms with van der Waals surface area (Å²) in [5, 5.41) is 15.9. The average molecular weight is 353 g/mol. The Kier molecular flexibility index (Phi) is 5.29. The van der Waals surface area contributed by atoms with Crippen molar-refractivity contribution in [2.75, 3.05) is 31.6 Å². The summed E-state index contributed by atoms with van der Waals surface area (Å²) in [6, 6.07) is 8.39. The molecule has 26 heavy (non-hydrogen) atoms. The molecule has 8 heteroatoms. The van der Waals surface area contributed by atoms with Gasteiger partial charge in [0.2, 0.25) is 0 Å². The third kappa shape index (κ3) is 3.58. The van der Waals surface area contributed by atoms with Crippen molar-refractivity contribution in [2.24, 2.45) is 0 Å². The number of aromatic nitrogens is 2. The van der Waals surface area contributed by atoms with E-state index in [4.69, 9.17) is 10.00 Å². The predicted molar refractivity (Wildman–Crippen MR) is 93.7 cm³/mol. The van der Waals surface area contributed by atoms with Crippen LogP contribution >= 0.6 is 0 Å². The summed E-state index contributed by atoms with van der Waals surface area (Å²) in [4.78, 5) is 27.1. The molecule has 0 radical (unpaired) electrons. The standard InChI is InChI=1S/C18H19N5O3/c1-2-23-16(18(25)22-6-8-26-9-7-22)15(12-20-23)21-17(24)14-5-3-4-13(10-14)11-19/h3-5,10,12H,2,6-9H2,1H3,(H,21,24). The molecule has 2 amide bonds. The minimum Gasteiger partial charge on any atom is -0.378 e. The number of benzene rings is 1. The summed E-state index contributed by atoms with van der Waals surface area (Å²) in [5.41, 5.74) is 1.44. The van der Waals surface area contributed by atoms with Crippen LogP contribution in [-0.4, -0.2) is 52.8 Å². The zero-order valence-corrected chi connectivity index (χ0v) is 14.4. The van der Waals surface area contributed by atoms with Gasteiger partial charge in [0.1, 0.15) is 5.69 Å². The number of amides is 2. The van der Waals surface area contributed by atoms with Gasteiger partial charge in [-0.25, -0.2) is 0 Å². The number of aryl methyl sites for hydroxylation is 1. The lowest BCUT2D eigenvalue weighted by atomic mass is 10.1. The fourth-order valence-corrected chi connectivity index (χ4v) is 2.78. The van der Waals surface area contributed by atoms with E-state index in [0.717, 1.165) is 0 Å². The van der Waals surface area contributed by atoms with Crippen molar-refractivity contribution in [1.82, 2.24) is 14.7 Å². The lowest BCUT2D eigenvalue weighted by Gasteiger charge is -2.27. The van der Waals surface area contributed by atoms with Gasteiger partial charge in [0.25, 0.3) is 11.8 Å². The highest BCUT2D eigenvalue weighted by atomic mass is 16.5. The number of morpholine rings is 1. The molecule has 1 aliphatic rings. The van der Waals surface area contributed by atoms with Gasteiger partial charge in [-0.2, -0.15) is 10.4 Å². The van der Waals surface area contributed by atoms with Crippen molar-refractivity contribution in [3.05, 3.63) is 47.3 Å². The molecule has 3 rings (SSSR count). The normalized spacial score (nSPS) is 13.9. The monoisotopic (exact) mass is 353 g/mol. The van der Waals surface area contributed by atoms with Crippen LogP contribution in [0.5, 0.6) is 0 Å². The Bertz CT molecular complexity index is 862. The number of anilines is 1. The van der Waals surface area contributed by atoms with Gasteiger partial charge in [0.05, 0.1) is 36.7 Å². The number of nitriles is 1. The molecule has 1 aromatic carbocycles. The molecule has 8 nitrogen and oxygen atoms in total. The smallest absolute Gasteiger partial charge is 0.274 e. The van der Waals surface area contributed by atoms with Crippen molar-refractivity contribution < 1.29 is 14.3 Å². The summed E-state index contributed by atoms with van der Waals surface area (Å²) in [5.74, 6) is -0.581. The van der Waals surface area contributed by atoms with Gasteiger partial charge in [-0.3, -0.25) is 14.3 Å². The topological polar surface area (TPSA) is 100 Å². The molecule has 2 aromatic rings. The largest absolute Gasteiger partial charge is 0.378 e. The van der Waals surface area contributed by atoms with Gasteiger partial charge in [-0.05, 0) is 25.1 Å². The molecule has 134 valence electrons. The van der Waals surface area contributed by atoms with Gasteiger partial charge in [-0.1, -0.05) is 6.07 Å². The minimum absolute atomic E-state index is 0.186. The minimum atomic E-state index is -0.395. The number of ether oxygens (including phenoxy) is 1. The highest BCUT2D eigenvalue weighted by molar-refractivity contribution is 6.08. The van der Waals surface area contributed by atoms with E-state index >= 15 is 0 Å². The molecule has 1 N–H and O–H groups in total. The third-order valence-electron chi connectivity index (χ3n) is 4.14. The first kappa shape index (κ1) is 17.6. The second-order valence-corrected chi connectivity index (χ2v) is 5.77. The Hall–Kier alpha value is -3.18. The number of hydrogen-bond acceptors (Lipinski definition) is 5. The van der Waals surface area contributed by atoms with E-state index in [1.165, 1.54) is 12.3 Å². The van der Waals surface area contributed by atoms with E-state index in [9.17, 15) is 9.59 Å². The van der Waals surface area contributed by atoms with Crippen molar-refractivity contribution in [2.45, 2.75) is 13.5 Å². The third-order valence-corrected chi connectivity index (χ3v) is 4.14. The van der Waals surface area contributed by atoms with Crippen LogP contribution in [0.2, 0.25) is 0 Å². The molecule has 0 aliphatic carbocycles. The van der Waals surface area contributed by atoms with Crippen LogP contribution in [0.1, 0.15) is 33.3 Å². The highest BCUT2D eigenvalue weighted by Gasteiger charge is 2.26. The molecule has 0 spiro atoms. The highest BCUT2D eigenvalue weighted by Crippen LogP contribution is 2.19. The Morgan fingerprint density at radius 2 is 2.12 bits per heavy atom. The van der Waals surface area contributed by atoms with Crippen molar-refractivity contribution in [1.29, 1.82) is 5.26 Å². The van der Waals surface area contributed by atoms with Gasteiger partial charge < -0.3 is 15.0 Å². The molecular formula is C18H19N5O3. The first-order valence-corrected chi connectivity index (χ1v) is 8.38. The van der Waals surface area contributed by atoms with Gasteiger partial charge in [0, 0.05) is 25.2 Å². The molecule has 0 bridgehead atoms. The van der Waals surface area contributed by atoms with Crippen LogP contribution < -0.4 is 5.32 Å². The molecular weight excluding hydrogens is 334 g/mol. The fourth-order valence-electron chi connectivity index (χ4n) is 2.78. The van der Waals surface area contributed by atoms with E-state index < -0.39 is 5.91 Å². The molecule has 1 aromatic heterocycles. The second-order valence-electron chi connectivity index (χ2n) is 5.77. The Labute approximate surface area is 151 Å². The van der Waals surface area contributed by atoms with Crippen LogP contribution in [0.4, 0.5) is 5.69 Å². The molecule has 1 saturated heterocycles. The van der Waals surface area contributed by atoms with Gasteiger partial charge in [0.15, 0.2) is 0 Å². The first-order valence-electron chi connectivity index (χ1n) is 8.38. The number of carbonyl (C=O) groups excluding carboxylic acids is 2. The molecule has 0 saturated carbocycles. The maximum atomic E-state index is 12.9. The second kappa shape index (κ2) is 7.80. The summed E-state index contributed by atoms with van der Waals surface area (Å²) in [7, 11) is 0. The Morgan fingerprint density at radius 3 is 2.81 bits per heavy atom. The Balaban J connectivity index is 1.86. The quantitative estimate of drug-likeness (QED) is 0.898. The summed E-state index contributed by atoms with van der Waals surface area (Å²) in [6.45, 7) is 4.39. The molecule has 2 heterocycles. The summed E-state index contributed by atoms with van der Waals surface area (Å²) in [6.07, 6.45) is 1.48. The van der Waals surface area contributed by atoms with Crippen LogP contribution in [0.25, 0.3) is 0 Å². The lowest BCUT2D eigenvalue weighted by Crippen LogP contribution is -2.41. The predicted octanol–water partition coefficient (Wildman–Crippen LogP) is 1.50. The van der Waals surface area contributed by atoms with Crippen molar-refractivity contribution in [3.63, 3.8) is 0 Å². The molecule has 0 atom stereocenters. The van der Waals surface area contributed by atoms with E-state index in [-0.39, 0.29) is 5.91 Å². The maximum absolute atomic E-state index is 12.9. The van der Waals surface area contributed by atoms with Crippen LogP contribution in [0.3, 0.4) is 0 Å². The van der Waals surface area contributed by atoms with Gasteiger partial charge >= 0.3 is 0 Å². The van der Waals surface area contributed by atoms with Crippen LogP contribution in [0.15, 0.2) is 30.5 Å². The lowest BCUT2D eigenvalue weighted by molar-refractivity contribution is 0.0295. The number of nitrogens with one attached hydrogen (secondary N) is 1. The molecule has 1 aliphatic heterocycles. The van der Waals surface area contributed by atoms with E-state index in [0.29, 0.717) is 55.4 Å². The summed E-state index contributed by atoms with van der Waals surface area (Å²) >= 11 is 0. The first-order chi connectivity index (χ1) is 12.6. The number of carbonyl (C=O) groups is 2. The zero-order chi connectivity index (χ0) is 18.5. The van der Waals surface area contributed by atoms with E-state index in [2.05, 4.69) is 10.4 Å². The summed E-state index contributed by atoms with van der Waals surface area (Å²) < 4.78 is 6.85. The number of nitrogens with zero attached hydrogens (tertiary/aromatic N) is 4. The SMILES string of the molecule is CCn1ncc(NC(=O)c2cccc(C#N)c2)c1C(=O)N1CCOCC1. The molecule has 0 unspecified atom stereocenters. The van der Waals surface area contributed by atoms with Gasteiger partial charge in [-0.15, -0.1) is 0 Å². The maximum Gasteiger partial charge on any atom is 0.274 e. The zero-order valence-electron chi connectivity index (χ0n) is 14.4. The van der Waals surface area contributed by atoms with Crippen molar-refractivity contribution in [3.8, 4) is 6.07 Å². The molecule has 1 fully saturated rings. The van der Waals surface area contributed by atoms with E-state index in [1.807, 2.05) is 13.0 Å². The van der Waals surface area contributed by atoms with Crippen LogP contribution in [-0.2, 0) is 11.3 Å². The number of rotatable bonds is 4. The fraction of sp³-hybridized carbons (Fsp3) is 0.333.